The smallest absolute Gasteiger partial charge is 0.339 e. The standard InChI is InChI=1S/C14H13N3O4/c1-16-6-5-10(15-16)13(18)17-7-8-21-12-9(14(19)20)3-2-4-11(12)17/h2-6H,7-8H2,1H3,(H,19,20). The molecule has 0 saturated carbocycles. The molecule has 0 saturated heterocycles. The van der Waals surface area contributed by atoms with Crippen molar-refractivity contribution in [1.29, 1.82) is 0 Å². The molecule has 108 valence electrons. The van der Waals surface area contributed by atoms with Gasteiger partial charge in [-0.05, 0) is 18.2 Å². The van der Waals surface area contributed by atoms with E-state index in [0.717, 1.165) is 0 Å². The summed E-state index contributed by atoms with van der Waals surface area (Å²) in [6.07, 6.45) is 1.68. The first-order chi connectivity index (χ1) is 10.1. The number of carboxylic acids is 1. The summed E-state index contributed by atoms with van der Waals surface area (Å²) >= 11 is 0. The zero-order valence-electron chi connectivity index (χ0n) is 11.3. The van der Waals surface area contributed by atoms with Crippen LogP contribution >= 0.6 is 0 Å². The van der Waals surface area contributed by atoms with Crippen molar-refractivity contribution in [3.05, 3.63) is 41.7 Å². The number of carboxylic acid groups (broad SMARTS) is 1. The Bertz CT molecular complexity index is 723. The fourth-order valence-electron chi connectivity index (χ4n) is 2.30. The second-order valence-corrected chi connectivity index (χ2v) is 4.64. The van der Waals surface area contributed by atoms with E-state index in [9.17, 15) is 14.7 Å². The molecule has 1 aromatic carbocycles. The van der Waals surface area contributed by atoms with Crippen LogP contribution < -0.4 is 9.64 Å². The summed E-state index contributed by atoms with van der Waals surface area (Å²) in [6.45, 7) is 0.599. The summed E-state index contributed by atoms with van der Waals surface area (Å²) in [5.74, 6) is -1.14. The second kappa shape index (κ2) is 4.93. The minimum Gasteiger partial charge on any atom is -0.489 e. The van der Waals surface area contributed by atoms with Crippen LogP contribution in [0.4, 0.5) is 5.69 Å². The predicted molar refractivity (Wildman–Crippen MR) is 73.8 cm³/mol. The quantitative estimate of drug-likeness (QED) is 0.895. The lowest BCUT2D eigenvalue weighted by molar-refractivity contribution is 0.0690. The number of aromatic carboxylic acids is 1. The van der Waals surface area contributed by atoms with Gasteiger partial charge >= 0.3 is 5.97 Å². The summed E-state index contributed by atoms with van der Waals surface area (Å²) in [5, 5.41) is 13.3. The Morgan fingerprint density at radius 3 is 2.81 bits per heavy atom. The van der Waals surface area contributed by atoms with Gasteiger partial charge in [-0.15, -0.1) is 0 Å². The first-order valence-corrected chi connectivity index (χ1v) is 6.38. The highest BCUT2D eigenvalue weighted by atomic mass is 16.5. The van der Waals surface area contributed by atoms with Gasteiger partial charge in [0.05, 0.1) is 12.2 Å². The number of nitrogens with zero attached hydrogens (tertiary/aromatic N) is 3. The number of hydrogen-bond acceptors (Lipinski definition) is 4. The molecule has 2 aromatic rings. The molecule has 0 fully saturated rings. The van der Waals surface area contributed by atoms with Crippen molar-refractivity contribution in [2.45, 2.75) is 0 Å². The molecule has 2 heterocycles. The van der Waals surface area contributed by atoms with Crippen LogP contribution in [0.5, 0.6) is 5.75 Å². The van der Waals surface area contributed by atoms with E-state index in [4.69, 9.17) is 4.74 Å². The Hall–Kier alpha value is -2.83. The van der Waals surface area contributed by atoms with Crippen LogP contribution in [0.15, 0.2) is 30.5 Å². The van der Waals surface area contributed by atoms with Gasteiger partial charge in [0.25, 0.3) is 5.91 Å². The molecule has 1 amide bonds. The minimum absolute atomic E-state index is 0.0472. The second-order valence-electron chi connectivity index (χ2n) is 4.64. The number of amides is 1. The zero-order chi connectivity index (χ0) is 15.0. The number of para-hydroxylation sites is 1. The number of ether oxygens (including phenoxy) is 1. The molecular weight excluding hydrogens is 274 g/mol. The van der Waals surface area contributed by atoms with Crippen molar-refractivity contribution in [2.75, 3.05) is 18.1 Å². The van der Waals surface area contributed by atoms with Gasteiger partial charge in [0, 0.05) is 13.2 Å². The summed E-state index contributed by atoms with van der Waals surface area (Å²) < 4.78 is 6.98. The number of anilines is 1. The van der Waals surface area contributed by atoms with E-state index in [1.165, 1.54) is 11.0 Å². The summed E-state index contributed by atoms with van der Waals surface area (Å²) in [4.78, 5) is 25.2. The number of aryl methyl sites for hydroxylation is 1. The van der Waals surface area contributed by atoms with E-state index in [1.807, 2.05) is 0 Å². The van der Waals surface area contributed by atoms with E-state index in [-0.39, 0.29) is 23.8 Å². The molecule has 0 unspecified atom stereocenters. The molecule has 1 aliphatic rings. The molecule has 1 aromatic heterocycles. The van der Waals surface area contributed by atoms with Crippen molar-refractivity contribution in [1.82, 2.24) is 9.78 Å². The SMILES string of the molecule is Cn1ccc(C(=O)N2CCOc3c(C(=O)O)cccc32)n1. The van der Waals surface area contributed by atoms with Crippen molar-refractivity contribution in [3.63, 3.8) is 0 Å². The minimum atomic E-state index is -1.08. The molecule has 0 aliphatic carbocycles. The number of benzene rings is 1. The van der Waals surface area contributed by atoms with Crippen LogP contribution in [0.3, 0.4) is 0 Å². The third kappa shape index (κ3) is 2.22. The fourth-order valence-corrected chi connectivity index (χ4v) is 2.30. The molecule has 7 nitrogen and oxygen atoms in total. The van der Waals surface area contributed by atoms with Crippen molar-refractivity contribution >= 4 is 17.6 Å². The highest BCUT2D eigenvalue weighted by Crippen LogP contribution is 2.35. The highest BCUT2D eigenvalue weighted by Gasteiger charge is 2.29. The summed E-state index contributed by atoms with van der Waals surface area (Å²) in [6, 6.07) is 6.34. The Balaban J connectivity index is 2.03. The van der Waals surface area contributed by atoms with Crippen molar-refractivity contribution in [3.8, 4) is 5.75 Å². The van der Waals surface area contributed by atoms with Crippen LogP contribution in [0.25, 0.3) is 0 Å². The normalized spacial score (nSPS) is 13.5. The number of carbonyl (C=O) groups is 2. The van der Waals surface area contributed by atoms with Gasteiger partial charge in [0.1, 0.15) is 12.2 Å². The first-order valence-electron chi connectivity index (χ1n) is 6.38. The van der Waals surface area contributed by atoms with E-state index < -0.39 is 5.97 Å². The Morgan fingerprint density at radius 1 is 1.33 bits per heavy atom. The lowest BCUT2D eigenvalue weighted by Gasteiger charge is -2.29. The maximum atomic E-state index is 12.5. The third-order valence-electron chi connectivity index (χ3n) is 3.25. The predicted octanol–water partition coefficient (Wildman–Crippen LogP) is 1.16. The highest BCUT2D eigenvalue weighted by molar-refractivity contribution is 6.07. The molecule has 1 N–H and O–H groups in total. The van der Waals surface area contributed by atoms with Gasteiger partial charge in [-0.2, -0.15) is 5.10 Å². The molecule has 1 aliphatic heterocycles. The van der Waals surface area contributed by atoms with E-state index >= 15 is 0 Å². The number of aromatic nitrogens is 2. The number of carbonyl (C=O) groups excluding carboxylic acids is 1. The maximum Gasteiger partial charge on any atom is 0.339 e. The number of hydrogen-bond donors (Lipinski definition) is 1. The van der Waals surface area contributed by atoms with E-state index in [0.29, 0.717) is 17.9 Å². The molecular formula is C14H13N3O4. The van der Waals surface area contributed by atoms with Gasteiger partial charge in [0.15, 0.2) is 11.4 Å². The lowest BCUT2D eigenvalue weighted by Crippen LogP contribution is -2.38. The van der Waals surface area contributed by atoms with Gasteiger partial charge in [-0.3, -0.25) is 9.48 Å². The van der Waals surface area contributed by atoms with Crippen molar-refractivity contribution in [2.24, 2.45) is 7.05 Å². The topological polar surface area (TPSA) is 84.7 Å². The third-order valence-corrected chi connectivity index (χ3v) is 3.25. The molecule has 21 heavy (non-hydrogen) atoms. The van der Waals surface area contributed by atoms with E-state index in [1.54, 1.807) is 36.1 Å². The van der Waals surface area contributed by atoms with Crippen LogP contribution in [-0.2, 0) is 7.05 Å². The van der Waals surface area contributed by atoms with Gasteiger partial charge in [-0.1, -0.05) is 6.07 Å². The molecule has 0 spiro atoms. The molecule has 0 bridgehead atoms. The van der Waals surface area contributed by atoms with Crippen LogP contribution in [0.2, 0.25) is 0 Å². The Labute approximate surface area is 120 Å². The fraction of sp³-hybridized carbons (Fsp3) is 0.214. The molecule has 3 rings (SSSR count). The molecule has 0 radical (unpaired) electrons. The van der Waals surface area contributed by atoms with Crippen LogP contribution in [-0.4, -0.2) is 39.9 Å². The van der Waals surface area contributed by atoms with E-state index in [2.05, 4.69) is 5.10 Å². The molecule has 7 heteroatoms. The number of fused-ring (bicyclic) bond motifs is 1. The average Bonchev–Trinajstić information content (AvgIpc) is 2.91. The lowest BCUT2D eigenvalue weighted by atomic mass is 10.1. The number of rotatable bonds is 2. The zero-order valence-corrected chi connectivity index (χ0v) is 11.3. The monoisotopic (exact) mass is 287 g/mol. The summed E-state index contributed by atoms with van der Waals surface area (Å²) in [7, 11) is 1.73. The first kappa shape index (κ1) is 13.2. The van der Waals surface area contributed by atoms with Crippen LogP contribution in [0, 0.1) is 0 Å². The largest absolute Gasteiger partial charge is 0.489 e. The van der Waals surface area contributed by atoms with Gasteiger partial charge < -0.3 is 14.7 Å². The van der Waals surface area contributed by atoms with Gasteiger partial charge in [0.2, 0.25) is 0 Å². The van der Waals surface area contributed by atoms with Gasteiger partial charge in [-0.25, -0.2) is 4.79 Å². The van der Waals surface area contributed by atoms with Crippen LogP contribution in [0.1, 0.15) is 20.8 Å². The maximum absolute atomic E-state index is 12.5. The van der Waals surface area contributed by atoms with Crippen molar-refractivity contribution < 1.29 is 19.4 Å². The molecule has 0 atom stereocenters. The Morgan fingerprint density at radius 2 is 2.14 bits per heavy atom. The average molecular weight is 287 g/mol. The Kier molecular flexibility index (Phi) is 3.09. The summed E-state index contributed by atoms with van der Waals surface area (Å²) in [5.41, 5.74) is 0.814.